The third kappa shape index (κ3) is 7.91. The third-order valence-electron chi connectivity index (χ3n) is 2.26. The van der Waals surface area contributed by atoms with Gasteiger partial charge in [-0.15, -0.1) is 0 Å². The molecule has 0 saturated heterocycles. The van der Waals surface area contributed by atoms with Gasteiger partial charge in [-0.05, 0) is 0 Å². The summed E-state index contributed by atoms with van der Waals surface area (Å²) in [5.74, 6) is -1.38. The number of hydrogen-bond acceptors (Lipinski definition) is 5. The molecule has 0 fully saturated rings. The van der Waals surface area contributed by atoms with Gasteiger partial charge >= 0.3 is 7.82 Å². The molecule has 0 saturated carbocycles. The van der Waals surface area contributed by atoms with Gasteiger partial charge in [0, 0.05) is 18.4 Å². The van der Waals surface area contributed by atoms with Crippen LogP contribution >= 0.6 is 7.82 Å². The molecule has 112 valence electrons. The fourth-order valence-corrected chi connectivity index (χ4v) is 1.59. The van der Waals surface area contributed by atoms with Crippen LogP contribution in [-0.2, 0) is 18.7 Å². The summed E-state index contributed by atoms with van der Waals surface area (Å²) in [7, 11) is -4.67. The van der Waals surface area contributed by atoms with Gasteiger partial charge in [0.15, 0.2) is 0 Å². The highest BCUT2D eigenvalue weighted by Crippen LogP contribution is 2.38. The van der Waals surface area contributed by atoms with Crippen LogP contribution < -0.4 is 11.1 Å². The molecule has 9 nitrogen and oxygen atoms in total. The predicted molar refractivity (Wildman–Crippen MR) is 64.6 cm³/mol. The monoisotopic (exact) mass is 298 g/mol. The number of nitrogens with one attached hydrogen (secondary N) is 1. The first-order valence-electron chi connectivity index (χ1n) is 5.40. The third-order valence-corrected chi connectivity index (χ3v) is 2.73. The first kappa shape index (κ1) is 18.0. The minimum Gasteiger partial charge on any atom is -0.383 e. The van der Waals surface area contributed by atoms with E-state index in [9.17, 15) is 19.3 Å². The highest BCUT2D eigenvalue weighted by molar-refractivity contribution is 7.46. The van der Waals surface area contributed by atoms with Gasteiger partial charge in [0.05, 0.1) is 6.61 Å². The molecule has 0 radical (unpaired) electrons. The van der Waals surface area contributed by atoms with E-state index in [-0.39, 0.29) is 13.0 Å². The predicted octanol–water partition coefficient (Wildman–Crippen LogP) is -1.53. The molecular formula is C9H19N2O7P. The lowest BCUT2D eigenvalue weighted by Gasteiger charge is -2.29. The van der Waals surface area contributed by atoms with Crippen LogP contribution in [0.2, 0.25) is 0 Å². The Labute approximate surface area is 110 Å². The molecular weight excluding hydrogens is 279 g/mol. The Morgan fingerprint density at radius 2 is 1.95 bits per heavy atom. The summed E-state index contributed by atoms with van der Waals surface area (Å²) in [6, 6.07) is 0. The van der Waals surface area contributed by atoms with E-state index in [1.54, 1.807) is 0 Å². The van der Waals surface area contributed by atoms with Crippen LogP contribution in [-0.4, -0.2) is 46.0 Å². The zero-order valence-corrected chi connectivity index (χ0v) is 11.6. The van der Waals surface area contributed by atoms with E-state index in [4.69, 9.17) is 15.5 Å². The fraction of sp³-hybridized carbons (Fsp3) is 0.778. The van der Waals surface area contributed by atoms with E-state index >= 15 is 0 Å². The molecule has 0 aliphatic rings. The SMILES string of the molecule is CC(C)(COP(=O)(O)O)[C@@H](O)C(=O)NCCC(N)=O. The number of hydrogen-bond donors (Lipinski definition) is 5. The van der Waals surface area contributed by atoms with Crippen LogP contribution in [0.3, 0.4) is 0 Å². The Kier molecular flexibility index (Phi) is 6.61. The summed E-state index contributed by atoms with van der Waals surface area (Å²) in [6.07, 6.45) is -1.62. The second-order valence-corrected chi connectivity index (χ2v) is 5.90. The molecule has 0 spiro atoms. The lowest BCUT2D eigenvalue weighted by atomic mass is 9.87. The van der Waals surface area contributed by atoms with Gasteiger partial charge in [0.25, 0.3) is 0 Å². The zero-order chi connectivity index (χ0) is 15.3. The number of aliphatic hydroxyl groups is 1. The molecule has 0 heterocycles. The molecule has 0 rings (SSSR count). The number of carbonyl (C=O) groups is 2. The van der Waals surface area contributed by atoms with Crippen LogP contribution in [0.1, 0.15) is 20.3 Å². The second kappa shape index (κ2) is 6.97. The number of aliphatic hydroxyl groups excluding tert-OH is 1. The number of primary amides is 1. The number of nitrogens with two attached hydrogens (primary N) is 1. The van der Waals surface area contributed by atoms with Crippen LogP contribution in [0.15, 0.2) is 0 Å². The molecule has 0 aromatic heterocycles. The Hall–Kier alpha value is -0.990. The maximum Gasteiger partial charge on any atom is 0.469 e. The number of amides is 2. The second-order valence-electron chi connectivity index (χ2n) is 4.66. The van der Waals surface area contributed by atoms with Crippen LogP contribution in [0.5, 0.6) is 0 Å². The van der Waals surface area contributed by atoms with E-state index in [1.807, 2.05) is 0 Å². The standard InChI is InChI=1S/C9H19N2O7P/c1-9(2,5-18-19(15,16)17)7(13)8(14)11-4-3-6(10)12/h7,13H,3-5H2,1-2H3,(H2,10,12)(H,11,14)(H2,15,16,17)/t7-/m0/s1. The molecule has 0 aliphatic heterocycles. The minimum absolute atomic E-state index is 0.0271. The van der Waals surface area contributed by atoms with E-state index in [1.165, 1.54) is 13.8 Å². The summed E-state index contributed by atoms with van der Waals surface area (Å²) >= 11 is 0. The molecule has 2 amide bonds. The van der Waals surface area contributed by atoms with Gasteiger partial charge < -0.3 is 25.9 Å². The normalized spacial score (nSPS) is 13.9. The van der Waals surface area contributed by atoms with Crippen molar-refractivity contribution < 1.29 is 33.6 Å². The lowest BCUT2D eigenvalue weighted by molar-refractivity contribution is -0.137. The van der Waals surface area contributed by atoms with Crippen molar-refractivity contribution in [3.05, 3.63) is 0 Å². The number of phosphoric ester groups is 1. The van der Waals surface area contributed by atoms with Crippen LogP contribution in [0.4, 0.5) is 0 Å². The number of phosphoric acid groups is 1. The molecule has 1 atom stereocenters. The smallest absolute Gasteiger partial charge is 0.383 e. The van der Waals surface area contributed by atoms with Gasteiger partial charge in [-0.2, -0.15) is 0 Å². The van der Waals surface area contributed by atoms with Gasteiger partial charge in [-0.3, -0.25) is 14.1 Å². The van der Waals surface area contributed by atoms with Crippen molar-refractivity contribution >= 4 is 19.6 Å². The van der Waals surface area contributed by atoms with Crippen molar-refractivity contribution in [3.63, 3.8) is 0 Å². The Morgan fingerprint density at radius 1 is 1.42 bits per heavy atom. The molecule has 0 unspecified atom stereocenters. The average Bonchev–Trinajstić information content (AvgIpc) is 2.24. The Morgan fingerprint density at radius 3 is 2.37 bits per heavy atom. The zero-order valence-electron chi connectivity index (χ0n) is 10.7. The molecule has 19 heavy (non-hydrogen) atoms. The molecule has 0 bridgehead atoms. The highest BCUT2D eigenvalue weighted by atomic mass is 31.2. The highest BCUT2D eigenvalue weighted by Gasteiger charge is 2.35. The minimum atomic E-state index is -4.67. The first-order chi connectivity index (χ1) is 8.46. The maximum atomic E-state index is 11.5. The number of carbonyl (C=O) groups excluding carboxylic acids is 2. The van der Waals surface area contributed by atoms with Crippen LogP contribution in [0, 0.1) is 5.41 Å². The largest absolute Gasteiger partial charge is 0.469 e. The van der Waals surface area contributed by atoms with Crippen molar-refractivity contribution in [1.29, 1.82) is 0 Å². The van der Waals surface area contributed by atoms with Gasteiger partial charge in [-0.1, -0.05) is 13.8 Å². The first-order valence-corrected chi connectivity index (χ1v) is 6.93. The topological polar surface area (TPSA) is 159 Å². The Balaban J connectivity index is 4.35. The van der Waals surface area contributed by atoms with E-state index < -0.39 is 37.8 Å². The molecule has 0 aromatic rings. The fourth-order valence-electron chi connectivity index (χ4n) is 1.09. The summed E-state index contributed by atoms with van der Waals surface area (Å²) in [5, 5.41) is 12.0. The lowest BCUT2D eigenvalue weighted by Crippen LogP contribution is -2.46. The van der Waals surface area contributed by atoms with Crippen LogP contribution in [0.25, 0.3) is 0 Å². The maximum absolute atomic E-state index is 11.5. The molecule has 0 aliphatic carbocycles. The molecule has 6 N–H and O–H groups in total. The average molecular weight is 298 g/mol. The summed E-state index contributed by atoms with van der Waals surface area (Å²) in [4.78, 5) is 39.1. The van der Waals surface area contributed by atoms with Gasteiger partial charge in [0.2, 0.25) is 11.8 Å². The molecule has 0 aromatic carbocycles. The van der Waals surface area contributed by atoms with Gasteiger partial charge in [-0.25, -0.2) is 4.57 Å². The van der Waals surface area contributed by atoms with E-state index in [0.717, 1.165) is 0 Å². The number of rotatable bonds is 8. The van der Waals surface area contributed by atoms with Gasteiger partial charge in [0.1, 0.15) is 6.10 Å². The van der Waals surface area contributed by atoms with Crippen molar-refractivity contribution in [2.24, 2.45) is 11.1 Å². The van der Waals surface area contributed by atoms with Crippen molar-refractivity contribution in [2.45, 2.75) is 26.4 Å². The summed E-state index contributed by atoms with van der Waals surface area (Å²) < 4.78 is 14.8. The van der Waals surface area contributed by atoms with Crippen molar-refractivity contribution in [1.82, 2.24) is 5.32 Å². The van der Waals surface area contributed by atoms with E-state index in [2.05, 4.69) is 9.84 Å². The molecule has 10 heteroatoms. The van der Waals surface area contributed by atoms with E-state index in [0.29, 0.717) is 0 Å². The summed E-state index contributed by atoms with van der Waals surface area (Å²) in [5.41, 5.74) is 3.67. The van der Waals surface area contributed by atoms with Crippen molar-refractivity contribution in [2.75, 3.05) is 13.2 Å². The quantitative estimate of drug-likeness (QED) is 0.340. The summed E-state index contributed by atoms with van der Waals surface area (Å²) in [6.45, 7) is 2.27. The van der Waals surface area contributed by atoms with Crippen molar-refractivity contribution in [3.8, 4) is 0 Å². The Bertz CT molecular complexity index is 379.